The van der Waals surface area contributed by atoms with E-state index in [4.69, 9.17) is 0 Å². The van der Waals surface area contributed by atoms with Gasteiger partial charge in [0.25, 0.3) is 0 Å². The summed E-state index contributed by atoms with van der Waals surface area (Å²) < 4.78 is 15.9. The Morgan fingerprint density at radius 3 is 2.57 bits per heavy atom. The Bertz CT molecular complexity index is 956. The van der Waals surface area contributed by atoms with Crippen LogP contribution in [0.25, 0.3) is 22.4 Å². The van der Waals surface area contributed by atoms with E-state index < -0.39 is 6.17 Å². The monoisotopic (exact) mass is 381 g/mol. The molecule has 2 atom stereocenters. The molecule has 0 saturated heterocycles. The van der Waals surface area contributed by atoms with Gasteiger partial charge in [-0.1, -0.05) is 18.9 Å². The zero-order chi connectivity index (χ0) is 19.7. The summed E-state index contributed by atoms with van der Waals surface area (Å²) in [6, 6.07) is 8.93. The Morgan fingerprint density at radius 2 is 1.93 bits per heavy atom. The minimum absolute atomic E-state index is 0.132. The first-order valence-corrected chi connectivity index (χ1v) is 9.56. The van der Waals surface area contributed by atoms with Crippen molar-refractivity contribution in [3.05, 3.63) is 42.7 Å². The highest BCUT2D eigenvalue weighted by Gasteiger charge is 2.29. The van der Waals surface area contributed by atoms with E-state index in [1.165, 1.54) is 0 Å². The number of aryl methyl sites for hydroxylation is 1. The molecule has 2 aromatic heterocycles. The molecule has 0 radical (unpaired) electrons. The summed E-state index contributed by atoms with van der Waals surface area (Å²) in [4.78, 5) is 1.88. The van der Waals surface area contributed by atoms with Crippen LogP contribution in [0.5, 0.6) is 5.75 Å². The SMILES string of the molecule is CN(c1ccc(-c2ccc(-c3cnn(C)c3)cc2O)nn1)[C@H]1CCCC[C@H]1F. The van der Waals surface area contributed by atoms with Crippen LogP contribution in [-0.2, 0) is 7.05 Å². The Hall–Kier alpha value is -2.96. The molecule has 0 aliphatic heterocycles. The van der Waals surface area contributed by atoms with Gasteiger partial charge in [0, 0.05) is 31.4 Å². The molecule has 146 valence electrons. The van der Waals surface area contributed by atoms with Crippen LogP contribution in [0.3, 0.4) is 0 Å². The number of halogens is 1. The molecule has 1 N–H and O–H groups in total. The van der Waals surface area contributed by atoms with Gasteiger partial charge in [0.05, 0.1) is 17.9 Å². The number of hydrogen-bond acceptors (Lipinski definition) is 5. The molecule has 1 fully saturated rings. The fraction of sp³-hybridized carbons (Fsp3) is 0.381. The maximum atomic E-state index is 14.2. The van der Waals surface area contributed by atoms with Gasteiger partial charge in [-0.25, -0.2) is 4.39 Å². The van der Waals surface area contributed by atoms with E-state index in [1.54, 1.807) is 16.9 Å². The highest BCUT2D eigenvalue weighted by molar-refractivity contribution is 5.73. The largest absolute Gasteiger partial charge is 0.507 e. The number of hydrogen-bond donors (Lipinski definition) is 1. The van der Waals surface area contributed by atoms with Crippen molar-refractivity contribution in [1.82, 2.24) is 20.0 Å². The predicted octanol–water partition coefficient (Wildman–Crippen LogP) is 3.97. The van der Waals surface area contributed by atoms with Crippen LogP contribution < -0.4 is 4.90 Å². The van der Waals surface area contributed by atoms with Crippen molar-refractivity contribution < 1.29 is 9.50 Å². The number of aromatic nitrogens is 4. The van der Waals surface area contributed by atoms with Gasteiger partial charge in [0.15, 0.2) is 5.82 Å². The van der Waals surface area contributed by atoms with E-state index in [0.717, 1.165) is 30.4 Å². The van der Waals surface area contributed by atoms with Crippen molar-refractivity contribution >= 4 is 5.82 Å². The highest BCUT2D eigenvalue weighted by Crippen LogP contribution is 2.33. The number of benzene rings is 1. The lowest BCUT2D eigenvalue weighted by molar-refractivity contribution is 0.213. The highest BCUT2D eigenvalue weighted by atomic mass is 19.1. The lowest BCUT2D eigenvalue weighted by atomic mass is 9.92. The van der Waals surface area contributed by atoms with E-state index in [-0.39, 0.29) is 11.8 Å². The van der Waals surface area contributed by atoms with Crippen molar-refractivity contribution in [2.24, 2.45) is 7.05 Å². The second-order valence-corrected chi connectivity index (χ2v) is 7.39. The van der Waals surface area contributed by atoms with Crippen molar-refractivity contribution in [2.45, 2.75) is 37.9 Å². The fourth-order valence-corrected chi connectivity index (χ4v) is 3.83. The quantitative estimate of drug-likeness (QED) is 0.741. The predicted molar refractivity (Wildman–Crippen MR) is 107 cm³/mol. The lowest BCUT2D eigenvalue weighted by Crippen LogP contribution is -2.41. The average Bonchev–Trinajstić information content (AvgIpc) is 3.14. The van der Waals surface area contributed by atoms with Crippen LogP contribution in [0, 0.1) is 0 Å². The zero-order valence-corrected chi connectivity index (χ0v) is 16.1. The maximum Gasteiger partial charge on any atom is 0.151 e. The van der Waals surface area contributed by atoms with Crippen molar-refractivity contribution in [3.63, 3.8) is 0 Å². The summed E-state index contributed by atoms with van der Waals surface area (Å²) in [6.07, 6.45) is 6.24. The van der Waals surface area contributed by atoms with Gasteiger partial charge in [0.1, 0.15) is 11.9 Å². The summed E-state index contributed by atoms with van der Waals surface area (Å²) in [5.74, 6) is 0.776. The van der Waals surface area contributed by atoms with Gasteiger partial charge in [-0.05, 0) is 42.7 Å². The first-order valence-electron chi connectivity index (χ1n) is 9.56. The molecular formula is C21H24FN5O. The van der Waals surface area contributed by atoms with E-state index in [0.29, 0.717) is 23.5 Å². The van der Waals surface area contributed by atoms with Gasteiger partial charge in [-0.15, -0.1) is 10.2 Å². The minimum atomic E-state index is -0.829. The lowest BCUT2D eigenvalue weighted by Gasteiger charge is -2.34. The summed E-state index contributed by atoms with van der Waals surface area (Å²) in [5.41, 5.74) is 2.99. The second-order valence-electron chi connectivity index (χ2n) is 7.39. The molecule has 28 heavy (non-hydrogen) atoms. The first kappa shape index (κ1) is 18.4. The Kier molecular flexibility index (Phi) is 4.98. The summed E-state index contributed by atoms with van der Waals surface area (Å²) in [6.45, 7) is 0. The number of phenols is 1. The minimum Gasteiger partial charge on any atom is -0.507 e. The van der Waals surface area contributed by atoms with E-state index in [2.05, 4.69) is 15.3 Å². The number of nitrogens with zero attached hydrogens (tertiary/aromatic N) is 5. The van der Waals surface area contributed by atoms with Crippen molar-refractivity contribution in [2.75, 3.05) is 11.9 Å². The normalized spacial score (nSPS) is 19.5. The number of rotatable bonds is 4. The van der Waals surface area contributed by atoms with E-state index >= 15 is 0 Å². The Morgan fingerprint density at radius 1 is 1.11 bits per heavy atom. The first-order chi connectivity index (χ1) is 13.5. The molecule has 2 heterocycles. The van der Waals surface area contributed by atoms with Gasteiger partial charge >= 0.3 is 0 Å². The third-order valence-corrected chi connectivity index (χ3v) is 5.47. The number of anilines is 1. The van der Waals surface area contributed by atoms with Gasteiger partial charge in [0.2, 0.25) is 0 Å². The topological polar surface area (TPSA) is 67.1 Å². The van der Waals surface area contributed by atoms with Gasteiger partial charge < -0.3 is 10.0 Å². The molecule has 4 rings (SSSR count). The summed E-state index contributed by atoms with van der Waals surface area (Å²) in [5, 5.41) is 23.2. The van der Waals surface area contributed by atoms with Crippen LogP contribution >= 0.6 is 0 Å². The third kappa shape index (κ3) is 3.56. The molecule has 0 unspecified atom stereocenters. The molecule has 0 amide bonds. The Balaban J connectivity index is 1.55. The van der Waals surface area contributed by atoms with Crippen LogP contribution in [0.4, 0.5) is 10.2 Å². The molecule has 1 aliphatic rings. The molecule has 3 aromatic rings. The van der Waals surface area contributed by atoms with Crippen LogP contribution in [0.15, 0.2) is 42.7 Å². The third-order valence-electron chi connectivity index (χ3n) is 5.47. The standard InChI is InChI=1S/C21H24FN5O/c1-26-13-15(12-23-26)14-7-8-16(20(28)11-14)18-9-10-21(25-24-18)27(2)19-6-4-3-5-17(19)22/h7-13,17,19,28H,3-6H2,1-2H3/t17-,19+/m1/s1. The number of phenolic OH excluding ortho intramolecular Hbond substituents is 1. The van der Waals surface area contributed by atoms with Gasteiger partial charge in [-0.2, -0.15) is 5.10 Å². The van der Waals surface area contributed by atoms with Crippen LogP contribution in [-0.4, -0.2) is 44.3 Å². The molecule has 6 nitrogen and oxygen atoms in total. The number of aromatic hydroxyl groups is 1. The molecule has 7 heteroatoms. The Labute approximate surface area is 163 Å². The average molecular weight is 381 g/mol. The molecule has 0 bridgehead atoms. The molecule has 1 aromatic carbocycles. The van der Waals surface area contributed by atoms with E-state index in [9.17, 15) is 9.50 Å². The van der Waals surface area contributed by atoms with Crippen molar-refractivity contribution in [1.29, 1.82) is 0 Å². The van der Waals surface area contributed by atoms with E-state index in [1.807, 2.05) is 49.5 Å². The molecular weight excluding hydrogens is 357 g/mol. The maximum absolute atomic E-state index is 14.2. The molecule has 1 aliphatic carbocycles. The smallest absolute Gasteiger partial charge is 0.151 e. The fourth-order valence-electron chi connectivity index (χ4n) is 3.83. The van der Waals surface area contributed by atoms with Gasteiger partial charge in [-0.3, -0.25) is 4.68 Å². The van der Waals surface area contributed by atoms with Crippen molar-refractivity contribution in [3.8, 4) is 28.1 Å². The second kappa shape index (κ2) is 7.58. The number of alkyl halides is 1. The van der Waals surface area contributed by atoms with Crippen LogP contribution in [0.1, 0.15) is 25.7 Å². The summed E-state index contributed by atoms with van der Waals surface area (Å²) >= 11 is 0. The molecule has 0 spiro atoms. The zero-order valence-electron chi connectivity index (χ0n) is 16.1. The molecule has 1 saturated carbocycles. The summed E-state index contributed by atoms with van der Waals surface area (Å²) in [7, 11) is 3.72. The van der Waals surface area contributed by atoms with Crippen LogP contribution in [0.2, 0.25) is 0 Å².